The van der Waals surface area contributed by atoms with E-state index >= 15 is 0 Å². The molecule has 0 saturated carbocycles. The zero-order valence-electron chi connectivity index (χ0n) is 21.8. The molecule has 220 valence electrons. The van der Waals surface area contributed by atoms with Crippen molar-refractivity contribution in [2.45, 2.75) is 126 Å². The highest BCUT2D eigenvalue weighted by Gasteiger charge is 2.45. The van der Waals surface area contributed by atoms with E-state index in [-0.39, 0.29) is 19.1 Å². The van der Waals surface area contributed by atoms with Crippen molar-refractivity contribution < 1.29 is 59.8 Å². The largest absolute Gasteiger partial charge is 0.394 e. The van der Waals surface area contributed by atoms with Crippen molar-refractivity contribution in [1.82, 2.24) is 0 Å². The summed E-state index contributed by atoms with van der Waals surface area (Å²) in [5.41, 5.74) is 0. The van der Waals surface area contributed by atoms with Crippen molar-refractivity contribution in [3.8, 4) is 0 Å². The Morgan fingerprint density at radius 2 is 0.973 bits per heavy atom. The number of aliphatic hydroxyl groups is 8. The van der Waals surface area contributed by atoms with E-state index in [4.69, 9.17) is 18.9 Å². The normalized spacial score (nSPS) is 36.8. The van der Waals surface area contributed by atoms with Gasteiger partial charge < -0.3 is 59.8 Å². The van der Waals surface area contributed by atoms with Gasteiger partial charge in [0.25, 0.3) is 0 Å². The minimum Gasteiger partial charge on any atom is -0.394 e. The summed E-state index contributed by atoms with van der Waals surface area (Å²) in [6.07, 6.45) is -4.14. The fourth-order valence-corrected chi connectivity index (χ4v) is 4.65. The number of unbranched alkanes of at least 4 members (excludes halogenated alkanes) is 7. The summed E-state index contributed by atoms with van der Waals surface area (Å²) < 4.78 is 22.2. The van der Waals surface area contributed by atoms with Crippen LogP contribution in [0.3, 0.4) is 0 Å². The maximum Gasteiger partial charge on any atom is 0.186 e. The van der Waals surface area contributed by atoms with Crippen molar-refractivity contribution in [3.05, 3.63) is 0 Å². The Hall–Kier alpha value is -0.480. The van der Waals surface area contributed by atoms with Gasteiger partial charge in [-0.15, -0.1) is 0 Å². The molecule has 8 N–H and O–H groups in total. The summed E-state index contributed by atoms with van der Waals surface area (Å²) in [6, 6.07) is 0. The van der Waals surface area contributed by atoms with E-state index in [0.717, 1.165) is 25.7 Å². The summed E-state index contributed by atoms with van der Waals surface area (Å²) in [5.74, 6) is -0.250. The molecule has 2 rings (SSSR count). The predicted octanol–water partition coefficient (Wildman–Crippen LogP) is -1.23. The van der Waals surface area contributed by atoms with Crippen LogP contribution in [-0.2, 0) is 18.9 Å². The molecule has 2 fully saturated rings. The molecule has 0 amide bonds. The van der Waals surface area contributed by atoms with Crippen molar-refractivity contribution in [2.24, 2.45) is 5.92 Å². The topological polar surface area (TPSA) is 199 Å². The molecule has 0 bridgehead atoms. The fraction of sp³-hybridized carbons (Fsp3) is 1.00. The van der Waals surface area contributed by atoms with Gasteiger partial charge >= 0.3 is 0 Å². The molecule has 2 heterocycles. The standard InChI is InChI=1S/C25H48O12/c1-2-3-4-5-6-7-8-9-10-15(13-34-24-22(32)20(30)18(28)16(11-26)36-24)14-35-25-23(33)21(31)19(29)17(12-27)37-25/h15-33H,2-14H2,1H3/t16-,17-,18-,19-,20+,21+,22-,23-,24-,25-/m1/s1. The molecular formula is C25H48O12. The first-order chi connectivity index (χ1) is 17.7. The molecule has 2 aliphatic rings. The summed E-state index contributed by atoms with van der Waals surface area (Å²) in [5, 5.41) is 79.2. The monoisotopic (exact) mass is 540 g/mol. The highest BCUT2D eigenvalue weighted by Crippen LogP contribution is 2.26. The Kier molecular flexibility index (Phi) is 15.3. The summed E-state index contributed by atoms with van der Waals surface area (Å²) >= 11 is 0. The summed E-state index contributed by atoms with van der Waals surface area (Å²) in [7, 11) is 0. The lowest BCUT2D eigenvalue weighted by atomic mass is 9.98. The van der Waals surface area contributed by atoms with Crippen LogP contribution in [0.4, 0.5) is 0 Å². The van der Waals surface area contributed by atoms with E-state index in [1.54, 1.807) is 0 Å². The van der Waals surface area contributed by atoms with E-state index < -0.39 is 74.6 Å². The highest BCUT2D eigenvalue weighted by molar-refractivity contribution is 4.90. The third kappa shape index (κ3) is 9.89. The van der Waals surface area contributed by atoms with E-state index in [1.165, 1.54) is 25.7 Å². The van der Waals surface area contributed by atoms with Crippen molar-refractivity contribution in [2.75, 3.05) is 26.4 Å². The second-order valence-corrected chi connectivity index (χ2v) is 10.2. The van der Waals surface area contributed by atoms with E-state index in [1.807, 2.05) is 0 Å². The van der Waals surface area contributed by atoms with Crippen LogP contribution in [0.1, 0.15) is 64.7 Å². The van der Waals surface area contributed by atoms with Gasteiger partial charge in [-0.1, -0.05) is 58.3 Å². The Balaban J connectivity index is 1.91. The van der Waals surface area contributed by atoms with Gasteiger partial charge in [-0.2, -0.15) is 0 Å². The van der Waals surface area contributed by atoms with Gasteiger partial charge in [0.1, 0.15) is 48.8 Å². The van der Waals surface area contributed by atoms with Crippen LogP contribution in [0, 0.1) is 5.92 Å². The molecule has 0 aromatic heterocycles. The molecule has 2 saturated heterocycles. The van der Waals surface area contributed by atoms with E-state index in [2.05, 4.69) is 6.92 Å². The molecule has 37 heavy (non-hydrogen) atoms. The Bertz CT molecular complexity index is 554. The zero-order chi connectivity index (χ0) is 27.4. The number of hydrogen-bond donors (Lipinski definition) is 8. The average Bonchev–Trinajstić information content (AvgIpc) is 2.90. The SMILES string of the molecule is CCCCCCCCCCC(CO[C@@H]1O[C@H](CO)[C@@H](O)[C@H](O)[C@H]1O)CO[C@@H]1O[C@H](CO)[C@@H](O)[C@H](O)[C@H]1O. The lowest BCUT2D eigenvalue weighted by Gasteiger charge is -2.41. The molecule has 0 aromatic carbocycles. The maximum atomic E-state index is 10.2. The Morgan fingerprint density at radius 1 is 0.568 bits per heavy atom. The lowest BCUT2D eigenvalue weighted by Crippen LogP contribution is -2.59. The average molecular weight is 541 g/mol. The maximum absolute atomic E-state index is 10.2. The van der Waals surface area contributed by atoms with Crippen LogP contribution in [0.15, 0.2) is 0 Å². The van der Waals surface area contributed by atoms with Crippen molar-refractivity contribution >= 4 is 0 Å². The second-order valence-electron chi connectivity index (χ2n) is 10.2. The van der Waals surface area contributed by atoms with Crippen LogP contribution < -0.4 is 0 Å². The first kappa shape index (κ1) is 32.7. The van der Waals surface area contributed by atoms with Gasteiger partial charge in [-0.25, -0.2) is 0 Å². The molecule has 0 unspecified atom stereocenters. The number of aliphatic hydroxyl groups excluding tert-OH is 8. The van der Waals surface area contributed by atoms with Gasteiger partial charge in [-0.05, 0) is 6.42 Å². The minimum atomic E-state index is -1.55. The summed E-state index contributed by atoms with van der Waals surface area (Å²) in [6.45, 7) is 1.13. The van der Waals surface area contributed by atoms with Crippen LogP contribution in [-0.4, -0.2) is 129 Å². The molecule has 0 aliphatic carbocycles. The molecule has 0 spiro atoms. The zero-order valence-corrected chi connectivity index (χ0v) is 21.8. The Labute approximate surface area is 218 Å². The molecular weight excluding hydrogens is 492 g/mol. The second kappa shape index (κ2) is 17.3. The summed E-state index contributed by atoms with van der Waals surface area (Å²) in [4.78, 5) is 0. The van der Waals surface area contributed by atoms with Gasteiger partial charge in [0.15, 0.2) is 12.6 Å². The first-order valence-corrected chi connectivity index (χ1v) is 13.6. The fourth-order valence-electron chi connectivity index (χ4n) is 4.65. The first-order valence-electron chi connectivity index (χ1n) is 13.6. The predicted molar refractivity (Wildman–Crippen MR) is 130 cm³/mol. The molecule has 0 radical (unpaired) electrons. The number of ether oxygens (including phenoxy) is 4. The molecule has 12 nitrogen and oxygen atoms in total. The molecule has 10 atom stereocenters. The van der Waals surface area contributed by atoms with Gasteiger partial charge in [-0.3, -0.25) is 0 Å². The molecule has 0 aromatic rings. The van der Waals surface area contributed by atoms with E-state index in [9.17, 15) is 40.9 Å². The highest BCUT2D eigenvalue weighted by atomic mass is 16.7. The third-order valence-electron chi connectivity index (χ3n) is 7.16. The molecule has 2 aliphatic heterocycles. The van der Waals surface area contributed by atoms with Gasteiger partial charge in [0.2, 0.25) is 0 Å². The molecule has 12 heteroatoms. The van der Waals surface area contributed by atoms with Gasteiger partial charge in [0.05, 0.1) is 26.4 Å². The van der Waals surface area contributed by atoms with Gasteiger partial charge in [0, 0.05) is 5.92 Å². The van der Waals surface area contributed by atoms with Crippen LogP contribution >= 0.6 is 0 Å². The van der Waals surface area contributed by atoms with Crippen LogP contribution in [0.2, 0.25) is 0 Å². The quantitative estimate of drug-likeness (QED) is 0.102. The van der Waals surface area contributed by atoms with Crippen LogP contribution in [0.5, 0.6) is 0 Å². The number of rotatable bonds is 17. The lowest BCUT2D eigenvalue weighted by molar-refractivity contribution is -0.312. The van der Waals surface area contributed by atoms with Crippen molar-refractivity contribution in [3.63, 3.8) is 0 Å². The van der Waals surface area contributed by atoms with Crippen molar-refractivity contribution in [1.29, 1.82) is 0 Å². The Morgan fingerprint density at radius 3 is 1.38 bits per heavy atom. The minimum absolute atomic E-state index is 0.0383. The van der Waals surface area contributed by atoms with E-state index in [0.29, 0.717) is 6.42 Å². The third-order valence-corrected chi connectivity index (χ3v) is 7.16. The van der Waals surface area contributed by atoms with Crippen LogP contribution in [0.25, 0.3) is 0 Å². The smallest absolute Gasteiger partial charge is 0.186 e. The number of hydrogen-bond acceptors (Lipinski definition) is 12.